The highest BCUT2D eigenvalue weighted by Gasteiger charge is 1.80. The quantitative estimate of drug-likeness (QED) is 0.316. The largest absolute Gasteiger partial charge is 0.303 e. The van der Waals surface area contributed by atoms with Crippen molar-refractivity contribution in [1.82, 2.24) is 0 Å². The van der Waals surface area contributed by atoms with Crippen molar-refractivity contribution in [3.05, 3.63) is 24.3 Å². The van der Waals surface area contributed by atoms with Gasteiger partial charge in [0.15, 0.2) is 0 Å². The zero-order chi connectivity index (χ0) is 9.78. The van der Waals surface area contributed by atoms with E-state index < -0.39 is 0 Å². The van der Waals surface area contributed by atoms with Crippen LogP contribution in [0.5, 0.6) is 0 Å². The molecule has 0 heterocycles. The van der Waals surface area contributed by atoms with Gasteiger partial charge in [0.1, 0.15) is 6.29 Å². The number of rotatable bonds is 8. The molecular weight excluding hydrogens is 160 g/mol. The first-order valence-corrected chi connectivity index (χ1v) is 5.17. The molecule has 0 fully saturated rings. The Morgan fingerprint density at radius 2 is 1.54 bits per heavy atom. The maximum absolute atomic E-state index is 9.97. The molecule has 0 radical (unpaired) electrons. The van der Waals surface area contributed by atoms with Gasteiger partial charge in [-0.3, -0.25) is 0 Å². The van der Waals surface area contributed by atoms with Gasteiger partial charge in [0.25, 0.3) is 0 Å². The number of hydrogen-bond donors (Lipinski definition) is 0. The van der Waals surface area contributed by atoms with Gasteiger partial charge in [-0.15, -0.1) is 0 Å². The van der Waals surface area contributed by atoms with Gasteiger partial charge in [0.2, 0.25) is 0 Å². The zero-order valence-corrected chi connectivity index (χ0v) is 8.54. The third kappa shape index (κ3) is 11.1. The van der Waals surface area contributed by atoms with Crippen LogP contribution < -0.4 is 0 Å². The second kappa shape index (κ2) is 11.2. The molecule has 0 bridgehead atoms. The molecule has 13 heavy (non-hydrogen) atoms. The fraction of sp³-hybridized carbons (Fsp3) is 0.583. The third-order valence-corrected chi connectivity index (χ3v) is 1.80. The van der Waals surface area contributed by atoms with Gasteiger partial charge < -0.3 is 4.79 Å². The molecule has 0 aromatic heterocycles. The van der Waals surface area contributed by atoms with Gasteiger partial charge in [-0.2, -0.15) is 0 Å². The summed E-state index contributed by atoms with van der Waals surface area (Å²) < 4.78 is 0. The number of carbonyl (C=O) groups is 1. The standard InChI is InChI=1S/C12H20O/c1-2-3-4-5-6-7-8-9-10-11-12-13/h5-8,12H,2-4,9-11H2,1H3/b6-5+,8-7+. The number of unbranched alkanes of at least 4 members (excludes halogenated alkanes) is 4. The highest BCUT2D eigenvalue weighted by Crippen LogP contribution is 1.97. The van der Waals surface area contributed by atoms with E-state index in [0.717, 1.165) is 19.1 Å². The Hall–Kier alpha value is -0.850. The van der Waals surface area contributed by atoms with E-state index in [0.29, 0.717) is 6.42 Å². The van der Waals surface area contributed by atoms with Crippen LogP contribution in [0, 0.1) is 0 Å². The van der Waals surface area contributed by atoms with E-state index in [9.17, 15) is 4.79 Å². The van der Waals surface area contributed by atoms with E-state index in [2.05, 4.69) is 31.2 Å². The molecule has 74 valence electrons. The van der Waals surface area contributed by atoms with Crippen LogP contribution >= 0.6 is 0 Å². The van der Waals surface area contributed by atoms with Crippen LogP contribution in [0.15, 0.2) is 24.3 Å². The summed E-state index contributed by atoms with van der Waals surface area (Å²) in [5, 5.41) is 0. The van der Waals surface area contributed by atoms with Crippen molar-refractivity contribution in [1.29, 1.82) is 0 Å². The maximum atomic E-state index is 9.97. The van der Waals surface area contributed by atoms with E-state index in [1.165, 1.54) is 19.3 Å². The number of carbonyl (C=O) groups excluding carboxylic acids is 1. The lowest BCUT2D eigenvalue weighted by atomic mass is 10.2. The Kier molecular flexibility index (Phi) is 10.4. The van der Waals surface area contributed by atoms with E-state index in [1.54, 1.807) is 0 Å². The van der Waals surface area contributed by atoms with Crippen molar-refractivity contribution in [2.24, 2.45) is 0 Å². The molecule has 0 rings (SSSR count). The van der Waals surface area contributed by atoms with Crippen LogP contribution in [-0.4, -0.2) is 6.29 Å². The molecule has 0 N–H and O–H groups in total. The van der Waals surface area contributed by atoms with E-state index in [4.69, 9.17) is 0 Å². The summed E-state index contributed by atoms with van der Waals surface area (Å²) in [6.45, 7) is 2.20. The average molecular weight is 180 g/mol. The first kappa shape index (κ1) is 12.2. The SMILES string of the molecule is CCCC/C=C/C=C/CCCC=O. The summed E-state index contributed by atoms with van der Waals surface area (Å²) in [5.74, 6) is 0. The summed E-state index contributed by atoms with van der Waals surface area (Å²) in [6.07, 6.45) is 15.8. The van der Waals surface area contributed by atoms with Crippen LogP contribution in [-0.2, 0) is 4.79 Å². The molecule has 0 saturated heterocycles. The number of allylic oxidation sites excluding steroid dienone is 4. The van der Waals surface area contributed by atoms with Gasteiger partial charge in [-0.25, -0.2) is 0 Å². The highest BCUT2D eigenvalue weighted by atomic mass is 16.1. The minimum atomic E-state index is 0.684. The third-order valence-electron chi connectivity index (χ3n) is 1.80. The van der Waals surface area contributed by atoms with Crippen LogP contribution in [0.4, 0.5) is 0 Å². The maximum Gasteiger partial charge on any atom is 0.120 e. The van der Waals surface area contributed by atoms with Crippen molar-refractivity contribution in [2.45, 2.75) is 45.4 Å². The van der Waals surface area contributed by atoms with Gasteiger partial charge in [0, 0.05) is 6.42 Å². The monoisotopic (exact) mass is 180 g/mol. The van der Waals surface area contributed by atoms with Crippen molar-refractivity contribution in [3.63, 3.8) is 0 Å². The molecule has 0 amide bonds. The molecule has 1 heteroatoms. The fourth-order valence-corrected chi connectivity index (χ4v) is 0.991. The van der Waals surface area contributed by atoms with E-state index in [1.807, 2.05) is 0 Å². The first-order valence-electron chi connectivity index (χ1n) is 5.17. The Bertz CT molecular complexity index is 157. The fourth-order valence-electron chi connectivity index (χ4n) is 0.991. The Morgan fingerprint density at radius 1 is 0.923 bits per heavy atom. The van der Waals surface area contributed by atoms with Crippen molar-refractivity contribution >= 4 is 6.29 Å². The first-order chi connectivity index (χ1) is 6.41. The topological polar surface area (TPSA) is 17.1 Å². The molecule has 0 spiro atoms. The normalized spacial score (nSPS) is 11.5. The van der Waals surface area contributed by atoms with Crippen LogP contribution in [0.3, 0.4) is 0 Å². The Morgan fingerprint density at radius 3 is 2.08 bits per heavy atom. The number of hydrogen-bond acceptors (Lipinski definition) is 1. The lowest BCUT2D eigenvalue weighted by molar-refractivity contribution is -0.107. The zero-order valence-electron chi connectivity index (χ0n) is 8.54. The summed E-state index contributed by atoms with van der Waals surface area (Å²) in [7, 11) is 0. The second-order valence-electron chi connectivity index (χ2n) is 3.10. The van der Waals surface area contributed by atoms with E-state index >= 15 is 0 Å². The molecule has 0 atom stereocenters. The average Bonchev–Trinajstić information content (AvgIpc) is 2.16. The lowest BCUT2D eigenvalue weighted by Gasteiger charge is -1.87. The van der Waals surface area contributed by atoms with Gasteiger partial charge in [0.05, 0.1) is 0 Å². The van der Waals surface area contributed by atoms with Crippen molar-refractivity contribution in [3.8, 4) is 0 Å². The predicted octanol–water partition coefficient (Wildman–Crippen LogP) is 3.66. The molecule has 0 aliphatic heterocycles. The van der Waals surface area contributed by atoms with Gasteiger partial charge in [-0.05, 0) is 19.3 Å². The summed E-state index contributed by atoms with van der Waals surface area (Å²) in [5.41, 5.74) is 0. The molecule has 1 nitrogen and oxygen atoms in total. The Labute approximate surface area is 81.5 Å². The van der Waals surface area contributed by atoms with Gasteiger partial charge >= 0.3 is 0 Å². The van der Waals surface area contributed by atoms with Crippen molar-refractivity contribution in [2.75, 3.05) is 0 Å². The molecule has 0 saturated carbocycles. The molecular formula is C12H20O. The summed E-state index contributed by atoms with van der Waals surface area (Å²) in [6, 6.07) is 0. The molecule has 0 aromatic carbocycles. The minimum Gasteiger partial charge on any atom is -0.303 e. The smallest absolute Gasteiger partial charge is 0.120 e. The van der Waals surface area contributed by atoms with Crippen molar-refractivity contribution < 1.29 is 4.79 Å². The minimum absolute atomic E-state index is 0.684. The molecule has 0 aliphatic carbocycles. The molecule has 0 aliphatic rings. The van der Waals surface area contributed by atoms with E-state index in [-0.39, 0.29) is 0 Å². The van der Waals surface area contributed by atoms with Gasteiger partial charge in [-0.1, -0.05) is 44.1 Å². The van der Waals surface area contributed by atoms with Crippen LogP contribution in [0.2, 0.25) is 0 Å². The summed E-state index contributed by atoms with van der Waals surface area (Å²) in [4.78, 5) is 9.97. The van der Waals surface area contributed by atoms with Crippen LogP contribution in [0.1, 0.15) is 45.4 Å². The molecule has 0 aromatic rings. The Balaban J connectivity index is 3.19. The molecule has 0 unspecified atom stereocenters. The predicted molar refractivity (Wildman–Crippen MR) is 57.7 cm³/mol. The highest BCUT2D eigenvalue weighted by molar-refractivity contribution is 5.49. The summed E-state index contributed by atoms with van der Waals surface area (Å²) >= 11 is 0. The number of aldehydes is 1. The van der Waals surface area contributed by atoms with Crippen LogP contribution in [0.25, 0.3) is 0 Å². The second-order valence-corrected chi connectivity index (χ2v) is 3.10. The lowest BCUT2D eigenvalue weighted by Crippen LogP contribution is -1.72.